The number of amides is 1. The minimum absolute atomic E-state index is 0.0640. The number of halogens is 1. The Labute approximate surface area is 253 Å². The van der Waals surface area contributed by atoms with Crippen molar-refractivity contribution < 1.29 is 4.79 Å². The average molecular weight is 583 g/mol. The van der Waals surface area contributed by atoms with Gasteiger partial charge in [0.25, 0.3) is 5.91 Å². The van der Waals surface area contributed by atoms with Gasteiger partial charge in [-0.3, -0.25) is 10.1 Å². The van der Waals surface area contributed by atoms with Crippen LogP contribution in [0, 0.1) is 6.92 Å². The number of aromatic nitrogens is 3. The number of nitrogens with zero attached hydrogens (tertiary/aromatic N) is 4. The lowest BCUT2D eigenvalue weighted by atomic mass is 9.92. The minimum Gasteiger partial charge on any atom is -0.340 e. The number of anilines is 2. The highest BCUT2D eigenvalue weighted by Crippen LogP contribution is 2.47. The summed E-state index contributed by atoms with van der Waals surface area (Å²) in [6.45, 7) is 2.91. The highest BCUT2D eigenvalue weighted by Gasteiger charge is 2.53. The maximum absolute atomic E-state index is 14.4. The van der Waals surface area contributed by atoms with Crippen LogP contribution in [0.4, 0.5) is 11.5 Å². The quantitative estimate of drug-likeness (QED) is 0.235. The molecule has 2 aliphatic rings. The Bertz CT molecular complexity index is 2020. The van der Waals surface area contributed by atoms with E-state index in [1.165, 1.54) is 0 Å². The van der Waals surface area contributed by atoms with Crippen molar-refractivity contribution in [2.75, 3.05) is 10.2 Å². The standard InChI is InChI=1S/C35H27ClN6O/c1-22-30-31(24-16-18-25(36)19-17-24)27-20-37-35(39-32(27)38-33(30)42(40-22)26-12-6-3-7-13-26)28-14-8-9-15-29(28)41(34(35)43)21-23-10-4-2-5-11-23/h2-19,37H,20-21H2,1H3,(H,38,39). The molecular weight excluding hydrogens is 556 g/mol. The van der Waals surface area contributed by atoms with Crippen LogP contribution in [0.15, 0.2) is 109 Å². The molecule has 4 heterocycles. The molecule has 1 atom stereocenters. The largest absolute Gasteiger partial charge is 0.340 e. The van der Waals surface area contributed by atoms with Crippen molar-refractivity contribution in [3.63, 3.8) is 0 Å². The molecule has 2 aliphatic heterocycles. The van der Waals surface area contributed by atoms with Gasteiger partial charge < -0.3 is 10.2 Å². The van der Waals surface area contributed by atoms with E-state index >= 15 is 0 Å². The Hall–Kier alpha value is -4.98. The molecule has 43 heavy (non-hydrogen) atoms. The van der Waals surface area contributed by atoms with Crippen LogP contribution < -0.4 is 15.5 Å². The third-order valence-corrected chi connectivity index (χ3v) is 8.66. The lowest BCUT2D eigenvalue weighted by molar-refractivity contribution is -0.123. The van der Waals surface area contributed by atoms with Crippen molar-refractivity contribution in [1.82, 2.24) is 20.1 Å². The summed E-state index contributed by atoms with van der Waals surface area (Å²) in [6.07, 6.45) is 0. The van der Waals surface area contributed by atoms with E-state index in [1.54, 1.807) is 0 Å². The first-order valence-electron chi connectivity index (χ1n) is 14.3. The van der Waals surface area contributed by atoms with Crippen molar-refractivity contribution in [3.05, 3.63) is 137 Å². The zero-order valence-electron chi connectivity index (χ0n) is 23.4. The van der Waals surface area contributed by atoms with Crippen molar-refractivity contribution in [2.45, 2.75) is 25.7 Å². The Kier molecular flexibility index (Phi) is 5.86. The van der Waals surface area contributed by atoms with E-state index in [0.29, 0.717) is 23.9 Å². The van der Waals surface area contributed by atoms with E-state index in [2.05, 4.69) is 10.6 Å². The summed E-state index contributed by atoms with van der Waals surface area (Å²) in [6, 6.07) is 35.9. The zero-order chi connectivity index (χ0) is 29.1. The predicted molar refractivity (Wildman–Crippen MR) is 170 cm³/mol. The number of fused-ring (bicyclic) bond motifs is 4. The van der Waals surface area contributed by atoms with Crippen molar-refractivity contribution in [2.24, 2.45) is 0 Å². The van der Waals surface area contributed by atoms with Crippen LogP contribution in [0.1, 0.15) is 22.4 Å². The topological polar surface area (TPSA) is 75.1 Å². The van der Waals surface area contributed by atoms with E-state index in [1.807, 2.05) is 126 Å². The van der Waals surface area contributed by atoms with Crippen LogP contribution in [0.2, 0.25) is 5.02 Å². The lowest BCUT2D eigenvalue weighted by Crippen LogP contribution is -2.58. The van der Waals surface area contributed by atoms with Crippen LogP contribution in [-0.2, 0) is 23.5 Å². The second kappa shape index (κ2) is 9.80. The van der Waals surface area contributed by atoms with Crippen LogP contribution in [0.5, 0.6) is 0 Å². The van der Waals surface area contributed by atoms with Crippen LogP contribution in [0.3, 0.4) is 0 Å². The number of hydrogen-bond donors (Lipinski definition) is 2. The summed E-state index contributed by atoms with van der Waals surface area (Å²) >= 11 is 6.30. The molecule has 210 valence electrons. The number of rotatable bonds is 4. The van der Waals surface area contributed by atoms with E-state index in [0.717, 1.165) is 55.9 Å². The number of aryl methyl sites for hydroxylation is 1. The molecule has 0 saturated heterocycles. The number of para-hydroxylation sites is 2. The molecule has 1 spiro atoms. The van der Waals surface area contributed by atoms with Crippen molar-refractivity contribution >= 4 is 40.0 Å². The van der Waals surface area contributed by atoms with Gasteiger partial charge in [-0.25, -0.2) is 9.67 Å². The van der Waals surface area contributed by atoms with E-state index in [-0.39, 0.29) is 5.91 Å². The molecule has 6 aromatic rings. The second-order valence-corrected chi connectivity index (χ2v) is 11.4. The smallest absolute Gasteiger partial charge is 0.273 e. The van der Waals surface area contributed by atoms with Gasteiger partial charge in [0.15, 0.2) is 11.3 Å². The van der Waals surface area contributed by atoms with E-state index < -0.39 is 5.66 Å². The van der Waals surface area contributed by atoms with Gasteiger partial charge in [-0.05, 0) is 48.4 Å². The lowest BCUT2D eigenvalue weighted by Gasteiger charge is -2.37. The van der Waals surface area contributed by atoms with Gasteiger partial charge in [0.1, 0.15) is 5.82 Å². The summed E-state index contributed by atoms with van der Waals surface area (Å²) in [5.41, 5.74) is 7.16. The fraction of sp³-hybridized carbons (Fsp3) is 0.114. The van der Waals surface area contributed by atoms with Crippen molar-refractivity contribution in [1.29, 1.82) is 0 Å². The molecule has 8 rings (SSSR count). The molecule has 4 aromatic carbocycles. The van der Waals surface area contributed by atoms with Gasteiger partial charge >= 0.3 is 0 Å². The molecule has 0 radical (unpaired) electrons. The van der Waals surface area contributed by atoms with Gasteiger partial charge in [0.05, 0.1) is 29.0 Å². The fourth-order valence-electron chi connectivity index (χ4n) is 6.42. The molecule has 7 nitrogen and oxygen atoms in total. The first kappa shape index (κ1) is 25.7. The van der Waals surface area contributed by atoms with Gasteiger partial charge in [-0.15, -0.1) is 0 Å². The number of carbonyl (C=O) groups is 1. The Morgan fingerprint density at radius 2 is 1.58 bits per heavy atom. The third kappa shape index (κ3) is 3.96. The highest BCUT2D eigenvalue weighted by molar-refractivity contribution is 6.30. The summed E-state index contributed by atoms with van der Waals surface area (Å²) < 4.78 is 1.88. The molecule has 2 aromatic heterocycles. The molecule has 1 amide bonds. The predicted octanol–water partition coefficient (Wildman–Crippen LogP) is 6.96. The van der Waals surface area contributed by atoms with E-state index in [9.17, 15) is 4.79 Å². The minimum atomic E-state index is -1.16. The molecule has 0 fully saturated rings. The number of hydrogen-bond acceptors (Lipinski definition) is 5. The molecule has 2 N–H and O–H groups in total. The summed E-state index contributed by atoms with van der Waals surface area (Å²) in [5, 5.41) is 13.8. The maximum Gasteiger partial charge on any atom is 0.273 e. The van der Waals surface area contributed by atoms with Gasteiger partial charge in [-0.1, -0.05) is 90.5 Å². The highest BCUT2D eigenvalue weighted by atomic mass is 35.5. The normalized spacial score (nSPS) is 17.3. The van der Waals surface area contributed by atoms with Crippen molar-refractivity contribution in [3.8, 4) is 16.8 Å². The van der Waals surface area contributed by atoms with Gasteiger partial charge in [0, 0.05) is 28.3 Å². The summed E-state index contributed by atoms with van der Waals surface area (Å²) in [7, 11) is 0. The number of carbonyl (C=O) groups excluding carboxylic acids is 1. The molecule has 0 saturated carbocycles. The molecule has 0 bridgehead atoms. The Balaban J connectivity index is 1.33. The number of nitrogens with one attached hydrogen (secondary N) is 2. The maximum atomic E-state index is 14.4. The van der Waals surface area contributed by atoms with Gasteiger partial charge in [0.2, 0.25) is 0 Å². The van der Waals surface area contributed by atoms with E-state index in [4.69, 9.17) is 21.7 Å². The average Bonchev–Trinajstić information content (AvgIpc) is 3.48. The first-order valence-corrected chi connectivity index (χ1v) is 14.6. The Morgan fingerprint density at radius 1 is 0.884 bits per heavy atom. The fourth-order valence-corrected chi connectivity index (χ4v) is 6.55. The number of benzene rings is 4. The monoisotopic (exact) mass is 582 g/mol. The van der Waals surface area contributed by atoms with Crippen LogP contribution >= 0.6 is 11.6 Å². The molecule has 0 aliphatic carbocycles. The Morgan fingerprint density at radius 3 is 2.35 bits per heavy atom. The van der Waals surface area contributed by atoms with Crippen LogP contribution in [0.25, 0.3) is 27.8 Å². The molecule has 8 heteroatoms. The first-order chi connectivity index (χ1) is 21.0. The SMILES string of the molecule is Cc1nn(-c2ccccc2)c2nc3c(c(-c4ccc(Cl)cc4)c12)CNC1(N3)C(=O)N(Cc2ccccc2)c2ccccc21. The summed E-state index contributed by atoms with van der Waals surface area (Å²) in [5.74, 6) is 0.587. The zero-order valence-corrected chi connectivity index (χ0v) is 24.1. The van der Waals surface area contributed by atoms with Gasteiger partial charge in [-0.2, -0.15) is 5.10 Å². The third-order valence-electron chi connectivity index (χ3n) is 8.41. The molecule has 1 unspecified atom stereocenters. The van der Waals surface area contributed by atoms with Crippen LogP contribution in [-0.4, -0.2) is 20.7 Å². The summed E-state index contributed by atoms with van der Waals surface area (Å²) in [4.78, 5) is 21.5. The second-order valence-electron chi connectivity index (χ2n) is 11.0. The number of pyridine rings is 1. The molecular formula is C35H27ClN6O.